The number of fused-ring (bicyclic) bond motifs is 2. The molecule has 0 N–H and O–H groups in total. The number of ether oxygens (including phenoxy) is 3. The Kier molecular flexibility index (Phi) is 4.97. The third-order valence-electron chi connectivity index (χ3n) is 7.81. The fourth-order valence-corrected chi connectivity index (χ4v) is 6.13. The summed E-state index contributed by atoms with van der Waals surface area (Å²) in [6.45, 7) is 6.44. The highest BCUT2D eigenvalue weighted by Gasteiger charge is 2.74. The van der Waals surface area contributed by atoms with Crippen LogP contribution in [0.25, 0.3) is 0 Å². The number of rotatable bonds is 5. The first-order chi connectivity index (χ1) is 14.3. The molecule has 2 bridgehead atoms. The summed E-state index contributed by atoms with van der Waals surface area (Å²) in [6.07, 6.45) is 4.35. The molecule has 4 heterocycles. The molecule has 1 aromatic rings. The van der Waals surface area contributed by atoms with Gasteiger partial charge in [-0.25, -0.2) is 9.78 Å². The van der Waals surface area contributed by atoms with Crippen LogP contribution in [0.1, 0.15) is 58.4 Å². The Hall–Kier alpha value is -1.47. The normalized spacial score (nSPS) is 44.4. The highest BCUT2D eigenvalue weighted by atomic mass is 17.3. The first-order valence-electron chi connectivity index (χ1n) is 11.3. The third kappa shape index (κ3) is 3.20. The Morgan fingerprint density at radius 3 is 2.70 bits per heavy atom. The summed E-state index contributed by atoms with van der Waals surface area (Å²) in [4.78, 5) is 24.4. The monoisotopic (exact) mass is 416 g/mol. The van der Waals surface area contributed by atoms with Crippen LogP contribution in [0.4, 0.5) is 0 Å². The predicted octanol–water partition coefficient (Wildman–Crippen LogP) is 4.17. The van der Waals surface area contributed by atoms with Gasteiger partial charge in [0.15, 0.2) is 11.9 Å². The van der Waals surface area contributed by atoms with Crippen LogP contribution in [-0.4, -0.2) is 35.9 Å². The van der Waals surface area contributed by atoms with Crippen molar-refractivity contribution in [2.75, 3.05) is 6.61 Å². The molecule has 5 fully saturated rings. The van der Waals surface area contributed by atoms with E-state index in [1.807, 2.05) is 44.2 Å². The zero-order valence-electron chi connectivity index (χ0n) is 18.1. The number of hydrogen-bond acceptors (Lipinski definition) is 6. The Morgan fingerprint density at radius 2 is 1.90 bits per heavy atom. The zero-order valence-corrected chi connectivity index (χ0v) is 18.1. The van der Waals surface area contributed by atoms with E-state index < -0.39 is 23.3 Å². The highest BCUT2D eigenvalue weighted by Crippen LogP contribution is 2.63. The quantitative estimate of drug-likeness (QED) is 0.530. The van der Waals surface area contributed by atoms with Gasteiger partial charge in [-0.05, 0) is 56.9 Å². The summed E-state index contributed by atoms with van der Waals surface area (Å²) < 4.78 is 18.5. The number of aryl methyl sites for hydroxylation is 1. The topological polar surface area (TPSA) is 63.2 Å². The molecule has 0 amide bonds. The molecule has 30 heavy (non-hydrogen) atoms. The van der Waals surface area contributed by atoms with E-state index in [-0.39, 0.29) is 18.5 Å². The van der Waals surface area contributed by atoms with Gasteiger partial charge < -0.3 is 14.2 Å². The Balaban J connectivity index is 1.30. The molecule has 1 aromatic carbocycles. The van der Waals surface area contributed by atoms with Gasteiger partial charge in [0, 0.05) is 18.8 Å². The molecule has 5 aliphatic rings. The van der Waals surface area contributed by atoms with Crippen molar-refractivity contribution in [2.24, 2.45) is 17.8 Å². The molecule has 164 valence electrons. The SMILES string of the molecule is C[C@@H]1CC[C@H]2C(C)(COC(=O)CCc3ccccc3)O[C@@H]3O[C@]4(C)CC[C@@H]1[C@]32OO4. The van der Waals surface area contributed by atoms with Crippen molar-refractivity contribution in [1.29, 1.82) is 0 Å². The van der Waals surface area contributed by atoms with Crippen LogP contribution < -0.4 is 0 Å². The first kappa shape index (κ1) is 20.4. The minimum absolute atomic E-state index is 0.0563. The number of carbonyl (C=O) groups excluding carboxylic acids is 1. The van der Waals surface area contributed by atoms with Crippen LogP contribution in [0, 0.1) is 17.8 Å². The van der Waals surface area contributed by atoms with E-state index in [1.54, 1.807) is 0 Å². The second-order valence-corrected chi connectivity index (χ2v) is 9.93. The van der Waals surface area contributed by atoms with Crippen molar-refractivity contribution >= 4 is 5.97 Å². The van der Waals surface area contributed by atoms with E-state index in [0.29, 0.717) is 24.7 Å². The summed E-state index contributed by atoms with van der Waals surface area (Å²) in [7, 11) is 0. The minimum atomic E-state index is -0.783. The van der Waals surface area contributed by atoms with Gasteiger partial charge in [-0.2, -0.15) is 0 Å². The lowest BCUT2D eigenvalue weighted by molar-refractivity contribution is -0.541. The maximum absolute atomic E-state index is 12.5. The summed E-state index contributed by atoms with van der Waals surface area (Å²) >= 11 is 0. The van der Waals surface area contributed by atoms with Crippen LogP contribution in [0.5, 0.6) is 0 Å². The van der Waals surface area contributed by atoms with Gasteiger partial charge in [0.25, 0.3) is 0 Å². The van der Waals surface area contributed by atoms with Crippen molar-refractivity contribution in [3.05, 3.63) is 35.9 Å². The minimum Gasteiger partial charge on any atom is -0.463 e. The van der Waals surface area contributed by atoms with Gasteiger partial charge in [-0.1, -0.05) is 37.3 Å². The van der Waals surface area contributed by atoms with E-state index in [2.05, 4.69) is 6.92 Å². The molecule has 1 spiro atoms. The van der Waals surface area contributed by atoms with E-state index in [4.69, 9.17) is 24.0 Å². The number of benzene rings is 1. The number of esters is 1. The lowest BCUT2D eigenvalue weighted by atomic mass is 9.60. The maximum Gasteiger partial charge on any atom is 0.306 e. The maximum atomic E-state index is 12.5. The lowest BCUT2D eigenvalue weighted by Crippen LogP contribution is -2.62. The van der Waals surface area contributed by atoms with E-state index in [9.17, 15) is 4.79 Å². The Bertz CT molecular complexity index is 798. The Morgan fingerprint density at radius 1 is 1.10 bits per heavy atom. The Labute approximate surface area is 178 Å². The molecule has 0 aromatic heterocycles. The zero-order chi connectivity index (χ0) is 21.0. The third-order valence-corrected chi connectivity index (χ3v) is 7.81. The van der Waals surface area contributed by atoms with E-state index >= 15 is 0 Å². The fourth-order valence-electron chi connectivity index (χ4n) is 6.13. The standard InChI is InChI=1S/C24H32O6/c1-16-9-11-19-22(2,15-26-20(25)12-10-17-7-5-4-6-8-17)27-21-24(19)18(16)13-14-23(3,28-21)29-30-24/h4-8,16,18-19,21H,9-15H2,1-3H3/t16-,18+,19+,21-,22?,23+,24-/m1/s1. The second kappa shape index (κ2) is 7.30. The molecule has 1 aliphatic carbocycles. The molecule has 4 saturated heterocycles. The van der Waals surface area contributed by atoms with Crippen molar-refractivity contribution in [3.63, 3.8) is 0 Å². The van der Waals surface area contributed by atoms with Gasteiger partial charge in [0.05, 0.1) is 0 Å². The van der Waals surface area contributed by atoms with Gasteiger partial charge in [0.1, 0.15) is 12.2 Å². The first-order valence-corrected chi connectivity index (χ1v) is 11.3. The van der Waals surface area contributed by atoms with Gasteiger partial charge in [0.2, 0.25) is 5.79 Å². The molecule has 6 heteroatoms. The fraction of sp³-hybridized carbons (Fsp3) is 0.708. The molecule has 6 rings (SSSR count). The largest absolute Gasteiger partial charge is 0.463 e. The van der Waals surface area contributed by atoms with Crippen LogP contribution in [0.3, 0.4) is 0 Å². The average Bonchev–Trinajstić information content (AvgIpc) is 2.82. The van der Waals surface area contributed by atoms with Gasteiger partial charge >= 0.3 is 5.97 Å². The highest BCUT2D eigenvalue weighted by molar-refractivity contribution is 5.69. The molecule has 0 radical (unpaired) electrons. The smallest absolute Gasteiger partial charge is 0.306 e. The van der Waals surface area contributed by atoms with Crippen molar-refractivity contribution in [1.82, 2.24) is 0 Å². The summed E-state index contributed by atoms with van der Waals surface area (Å²) in [6, 6.07) is 9.99. The second-order valence-electron chi connectivity index (χ2n) is 9.93. The van der Waals surface area contributed by atoms with Crippen LogP contribution in [0.2, 0.25) is 0 Å². The van der Waals surface area contributed by atoms with E-state index in [1.165, 1.54) is 0 Å². The van der Waals surface area contributed by atoms with Crippen LogP contribution in [0.15, 0.2) is 30.3 Å². The molecule has 1 unspecified atom stereocenters. The van der Waals surface area contributed by atoms with Crippen molar-refractivity contribution in [3.8, 4) is 0 Å². The van der Waals surface area contributed by atoms with Gasteiger partial charge in [-0.15, -0.1) is 0 Å². The van der Waals surface area contributed by atoms with Gasteiger partial charge in [-0.3, -0.25) is 4.79 Å². The molecular weight excluding hydrogens is 384 g/mol. The summed E-state index contributed by atoms with van der Waals surface area (Å²) in [5.74, 6) is -0.115. The number of hydrogen-bond donors (Lipinski definition) is 0. The summed E-state index contributed by atoms with van der Waals surface area (Å²) in [5, 5.41) is 0. The lowest BCUT2D eigenvalue weighted by Gasteiger charge is -2.50. The molecular formula is C24H32O6. The van der Waals surface area contributed by atoms with Crippen molar-refractivity contribution in [2.45, 2.75) is 82.6 Å². The molecule has 6 nitrogen and oxygen atoms in total. The van der Waals surface area contributed by atoms with Crippen molar-refractivity contribution < 1.29 is 28.8 Å². The van der Waals surface area contributed by atoms with Crippen LogP contribution in [-0.2, 0) is 35.2 Å². The average molecular weight is 417 g/mol. The van der Waals surface area contributed by atoms with Crippen LogP contribution >= 0.6 is 0 Å². The predicted molar refractivity (Wildman–Crippen MR) is 108 cm³/mol. The summed E-state index contributed by atoms with van der Waals surface area (Å²) in [5.41, 5.74) is -0.150. The molecule has 4 aliphatic heterocycles. The molecule has 7 atom stereocenters. The van der Waals surface area contributed by atoms with E-state index in [0.717, 1.165) is 31.2 Å². The molecule has 1 saturated carbocycles. The number of carbonyl (C=O) groups is 1.